The van der Waals surface area contributed by atoms with E-state index in [1.54, 1.807) is 0 Å². The molecule has 0 saturated carbocycles. The molecule has 7 nitrogen and oxygen atoms in total. The van der Waals surface area contributed by atoms with E-state index in [9.17, 15) is 20.1 Å². The Labute approximate surface area is 169 Å². The second kappa shape index (κ2) is 18.3. The van der Waals surface area contributed by atoms with Crippen LogP contribution in [0, 0.1) is 0 Å². The molecule has 28 heavy (non-hydrogen) atoms. The fourth-order valence-electron chi connectivity index (χ4n) is 3.13. The van der Waals surface area contributed by atoms with E-state index < -0.39 is 43.6 Å². The van der Waals surface area contributed by atoms with Crippen LogP contribution in [0.5, 0.6) is 0 Å². The average Bonchev–Trinajstić information content (AvgIpc) is 2.71. The molecule has 0 amide bonds. The summed E-state index contributed by atoms with van der Waals surface area (Å²) in [5.74, 6) is -0.603. The summed E-state index contributed by atoms with van der Waals surface area (Å²) >= 11 is 0. The number of ether oxygens (including phenoxy) is 1. The standard InChI is InChI=1S/C21H42O7/c1-2-3-4-5-6-7-8-9-10-11-12-13-14-19(26)28-21(18(25)16-23)20(27)17(24)15-22/h17-18,20-25,27H,2-16H2,1H3/t17-,18-,20-,21-/m0/s1. The quantitative estimate of drug-likeness (QED) is 0.164. The highest BCUT2D eigenvalue weighted by Crippen LogP contribution is 2.14. The zero-order valence-corrected chi connectivity index (χ0v) is 17.5. The molecule has 0 fully saturated rings. The molecule has 0 unspecified atom stereocenters. The number of aliphatic hydroxyl groups is 5. The number of hydrogen-bond donors (Lipinski definition) is 5. The minimum absolute atomic E-state index is 0.147. The highest BCUT2D eigenvalue weighted by atomic mass is 16.6. The van der Waals surface area contributed by atoms with Crippen LogP contribution < -0.4 is 0 Å². The highest BCUT2D eigenvalue weighted by Gasteiger charge is 2.34. The fraction of sp³-hybridized carbons (Fsp3) is 0.952. The van der Waals surface area contributed by atoms with Crippen molar-refractivity contribution in [2.24, 2.45) is 0 Å². The van der Waals surface area contributed by atoms with Crippen molar-refractivity contribution in [1.29, 1.82) is 0 Å². The molecule has 0 aliphatic rings. The Balaban J connectivity index is 3.81. The van der Waals surface area contributed by atoms with Gasteiger partial charge in [0.1, 0.15) is 18.3 Å². The molecule has 0 aliphatic carbocycles. The molecule has 5 N–H and O–H groups in total. The van der Waals surface area contributed by atoms with Gasteiger partial charge in [-0.1, -0.05) is 77.6 Å². The van der Waals surface area contributed by atoms with Gasteiger partial charge in [0.25, 0.3) is 0 Å². The molecule has 0 saturated heterocycles. The van der Waals surface area contributed by atoms with Crippen LogP contribution in [0.25, 0.3) is 0 Å². The summed E-state index contributed by atoms with van der Waals surface area (Å²) in [5.41, 5.74) is 0. The van der Waals surface area contributed by atoms with Crippen molar-refractivity contribution in [3.63, 3.8) is 0 Å². The zero-order chi connectivity index (χ0) is 21.2. The first kappa shape index (κ1) is 27.3. The van der Waals surface area contributed by atoms with Crippen molar-refractivity contribution in [2.75, 3.05) is 13.2 Å². The molecule has 0 radical (unpaired) electrons. The normalized spacial score (nSPS) is 15.8. The van der Waals surface area contributed by atoms with Crippen molar-refractivity contribution in [1.82, 2.24) is 0 Å². The first-order valence-corrected chi connectivity index (χ1v) is 10.9. The number of hydrogen-bond acceptors (Lipinski definition) is 7. The predicted octanol–water partition coefficient (Wildman–Crippen LogP) is 2.06. The molecule has 7 heteroatoms. The lowest BCUT2D eigenvalue weighted by Crippen LogP contribution is -2.49. The molecule has 0 bridgehead atoms. The van der Waals surface area contributed by atoms with Crippen LogP contribution in [0.4, 0.5) is 0 Å². The van der Waals surface area contributed by atoms with E-state index >= 15 is 0 Å². The van der Waals surface area contributed by atoms with Crippen molar-refractivity contribution in [2.45, 2.75) is 115 Å². The molecule has 0 spiro atoms. The number of carbonyl (C=O) groups is 1. The molecule has 168 valence electrons. The third-order valence-corrected chi connectivity index (χ3v) is 4.99. The van der Waals surface area contributed by atoms with Gasteiger partial charge >= 0.3 is 5.97 Å². The van der Waals surface area contributed by atoms with Crippen LogP contribution in [-0.4, -0.2) is 69.1 Å². The second-order valence-electron chi connectivity index (χ2n) is 7.58. The summed E-state index contributed by atoms with van der Waals surface area (Å²) in [6.07, 6.45) is 8.07. The van der Waals surface area contributed by atoms with Crippen LogP contribution in [0.3, 0.4) is 0 Å². The summed E-state index contributed by atoms with van der Waals surface area (Å²) in [7, 11) is 0. The molecule has 0 rings (SSSR count). The van der Waals surface area contributed by atoms with Crippen LogP contribution in [0.1, 0.15) is 90.4 Å². The Hall–Kier alpha value is -0.730. The minimum Gasteiger partial charge on any atom is -0.457 e. The maximum Gasteiger partial charge on any atom is 0.306 e. The van der Waals surface area contributed by atoms with E-state index in [4.69, 9.17) is 14.9 Å². The van der Waals surface area contributed by atoms with E-state index in [1.165, 1.54) is 51.4 Å². The lowest BCUT2D eigenvalue weighted by Gasteiger charge is -2.28. The van der Waals surface area contributed by atoms with Gasteiger partial charge in [-0.15, -0.1) is 0 Å². The molecule has 0 heterocycles. The Morgan fingerprint density at radius 2 is 1.14 bits per heavy atom. The van der Waals surface area contributed by atoms with Crippen molar-refractivity contribution in [3.8, 4) is 0 Å². The number of aliphatic hydroxyl groups excluding tert-OH is 5. The van der Waals surface area contributed by atoms with Gasteiger partial charge in [-0.25, -0.2) is 0 Å². The third-order valence-electron chi connectivity index (χ3n) is 4.99. The van der Waals surface area contributed by atoms with E-state index in [2.05, 4.69) is 6.92 Å². The van der Waals surface area contributed by atoms with Crippen molar-refractivity contribution >= 4 is 5.97 Å². The minimum atomic E-state index is -1.67. The lowest BCUT2D eigenvalue weighted by atomic mass is 10.0. The van der Waals surface area contributed by atoms with E-state index in [0.29, 0.717) is 6.42 Å². The Morgan fingerprint density at radius 3 is 1.57 bits per heavy atom. The molecular formula is C21H42O7. The molecule has 0 aromatic carbocycles. The number of esters is 1. The van der Waals surface area contributed by atoms with Gasteiger partial charge < -0.3 is 30.3 Å². The number of rotatable bonds is 19. The van der Waals surface area contributed by atoms with Crippen LogP contribution in [0.15, 0.2) is 0 Å². The summed E-state index contributed by atoms with van der Waals surface area (Å²) < 4.78 is 5.02. The Kier molecular flexibility index (Phi) is 17.8. The Bertz CT molecular complexity index is 365. The summed E-state index contributed by atoms with van der Waals surface area (Å²) in [6, 6.07) is 0. The predicted molar refractivity (Wildman–Crippen MR) is 108 cm³/mol. The lowest BCUT2D eigenvalue weighted by molar-refractivity contribution is -0.177. The van der Waals surface area contributed by atoms with Crippen LogP contribution in [0.2, 0.25) is 0 Å². The average molecular weight is 407 g/mol. The van der Waals surface area contributed by atoms with Gasteiger partial charge in [0.15, 0.2) is 6.10 Å². The highest BCUT2D eigenvalue weighted by molar-refractivity contribution is 5.69. The van der Waals surface area contributed by atoms with E-state index in [-0.39, 0.29) is 6.42 Å². The van der Waals surface area contributed by atoms with Gasteiger partial charge in [0.05, 0.1) is 13.2 Å². The first-order chi connectivity index (χ1) is 13.5. The topological polar surface area (TPSA) is 127 Å². The molecule has 0 aliphatic heterocycles. The second-order valence-corrected chi connectivity index (χ2v) is 7.58. The van der Waals surface area contributed by atoms with Gasteiger partial charge in [0, 0.05) is 6.42 Å². The SMILES string of the molecule is CCCCCCCCCCCCCCC(=O)O[C@H]([C@@H](O)[C@@H](O)CO)[C@@H](O)CO. The fourth-order valence-corrected chi connectivity index (χ4v) is 3.13. The molecular weight excluding hydrogens is 364 g/mol. The molecule has 0 aromatic rings. The molecule has 4 atom stereocenters. The Morgan fingerprint density at radius 1 is 0.714 bits per heavy atom. The maximum absolute atomic E-state index is 11.9. The third kappa shape index (κ3) is 13.4. The summed E-state index contributed by atoms with van der Waals surface area (Å²) in [5, 5.41) is 46.9. The maximum atomic E-state index is 11.9. The zero-order valence-electron chi connectivity index (χ0n) is 17.5. The van der Waals surface area contributed by atoms with Crippen LogP contribution >= 0.6 is 0 Å². The smallest absolute Gasteiger partial charge is 0.306 e. The number of carbonyl (C=O) groups excluding carboxylic acids is 1. The monoisotopic (exact) mass is 406 g/mol. The van der Waals surface area contributed by atoms with Crippen molar-refractivity contribution in [3.05, 3.63) is 0 Å². The number of unbranched alkanes of at least 4 members (excludes halogenated alkanes) is 11. The van der Waals surface area contributed by atoms with Crippen molar-refractivity contribution < 1.29 is 35.1 Å². The van der Waals surface area contributed by atoms with Gasteiger partial charge in [-0.3, -0.25) is 4.79 Å². The summed E-state index contributed by atoms with van der Waals surface area (Å²) in [6.45, 7) is 0.749. The van der Waals surface area contributed by atoms with Gasteiger partial charge in [-0.05, 0) is 6.42 Å². The van der Waals surface area contributed by atoms with E-state index in [1.807, 2.05) is 0 Å². The first-order valence-electron chi connectivity index (χ1n) is 10.9. The van der Waals surface area contributed by atoms with Crippen LogP contribution in [-0.2, 0) is 9.53 Å². The van der Waals surface area contributed by atoms with E-state index in [0.717, 1.165) is 19.3 Å². The summed E-state index contributed by atoms with van der Waals surface area (Å²) in [4.78, 5) is 11.9. The largest absolute Gasteiger partial charge is 0.457 e. The van der Waals surface area contributed by atoms with Gasteiger partial charge in [0.2, 0.25) is 0 Å². The molecule has 0 aromatic heterocycles. The van der Waals surface area contributed by atoms with Gasteiger partial charge in [-0.2, -0.15) is 0 Å².